The number of ether oxygens (including phenoxy) is 1. The quantitative estimate of drug-likeness (QED) is 0.536. The lowest BCUT2D eigenvalue weighted by Crippen LogP contribution is -2.29. The lowest BCUT2D eigenvalue weighted by Gasteiger charge is -2.16. The molecule has 29 heavy (non-hydrogen) atoms. The molecule has 1 N–H and O–H groups in total. The largest absolute Gasteiger partial charge is 0.496 e. The van der Waals surface area contributed by atoms with E-state index in [4.69, 9.17) is 9.15 Å². The molecule has 3 aromatic carbocycles. The van der Waals surface area contributed by atoms with Gasteiger partial charge in [0.2, 0.25) is 11.8 Å². The van der Waals surface area contributed by atoms with Gasteiger partial charge in [0.15, 0.2) is 0 Å². The van der Waals surface area contributed by atoms with Crippen molar-refractivity contribution in [1.29, 1.82) is 0 Å². The highest BCUT2D eigenvalue weighted by Crippen LogP contribution is 2.26. The van der Waals surface area contributed by atoms with Crippen molar-refractivity contribution in [2.24, 2.45) is 0 Å². The third-order valence-electron chi connectivity index (χ3n) is 4.47. The molecule has 0 spiro atoms. The smallest absolute Gasteiger partial charge is 0.255 e. The van der Waals surface area contributed by atoms with E-state index in [1.807, 2.05) is 66.7 Å². The number of carbonyl (C=O) groups is 1. The fourth-order valence-electron chi connectivity index (χ4n) is 3.02. The molecule has 0 aliphatic rings. The van der Waals surface area contributed by atoms with Crippen LogP contribution in [0.4, 0.5) is 0 Å². The van der Waals surface area contributed by atoms with E-state index in [1.54, 1.807) is 18.2 Å². The molecule has 0 radical (unpaired) electrons. The van der Waals surface area contributed by atoms with Crippen LogP contribution in [0.2, 0.25) is 0 Å². The first kappa shape index (κ1) is 18.4. The maximum absolute atomic E-state index is 13.0. The molecule has 0 aliphatic carbocycles. The van der Waals surface area contributed by atoms with Gasteiger partial charge < -0.3 is 14.5 Å². The molecule has 6 heteroatoms. The summed E-state index contributed by atoms with van der Waals surface area (Å²) in [5.41, 5.74) is 2.08. The standard InChI is InChI=1S/C23H19N3O3/c1-28-19-15-9-8-14-18(19)21(27)24-20(16-10-4-2-5-11-16)23-26-25-22(29-23)17-12-6-3-7-13-17/h2-15,20H,1H3,(H,24,27). The van der Waals surface area contributed by atoms with Crippen molar-refractivity contribution in [3.8, 4) is 17.2 Å². The second-order valence-corrected chi connectivity index (χ2v) is 6.33. The summed E-state index contributed by atoms with van der Waals surface area (Å²) in [6, 6.07) is 25.5. The Bertz CT molecular complexity index is 1090. The van der Waals surface area contributed by atoms with Crippen molar-refractivity contribution in [2.45, 2.75) is 6.04 Å². The topological polar surface area (TPSA) is 77.2 Å². The Kier molecular flexibility index (Phi) is 5.33. The van der Waals surface area contributed by atoms with E-state index in [2.05, 4.69) is 15.5 Å². The van der Waals surface area contributed by atoms with Crippen molar-refractivity contribution < 1.29 is 13.9 Å². The van der Waals surface area contributed by atoms with Crippen LogP contribution in [0.1, 0.15) is 27.9 Å². The Balaban J connectivity index is 1.68. The number of hydrogen-bond donors (Lipinski definition) is 1. The Morgan fingerprint density at radius 3 is 2.28 bits per heavy atom. The van der Waals surface area contributed by atoms with Crippen LogP contribution in [-0.2, 0) is 0 Å². The van der Waals surface area contributed by atoms with Crippen LogP contribution in [0.15, 0.2) is 89.3 Å². The number of nitrogens with one attached hydrogen (secondary N) is 1. The zero-order valence-electron chi connectivity index (χ0n) is 15.8. The van der Waals surface area contributed by atoms with E-state index in [-0.39, 0.29) is 5.91 Å². The first-order chi connectivity index (χ1) is 14.3. The van der Waals surface area contributed by atoms with Gasteiger partial charge in [-0.2, -0.15) is 0 Å². The molecule has 1 unspecified atom stereocenters. The van der Waals surface area contributed by atoms with Crippen LogP contribution in [0.5, 0.6) is 5.75 Å². The van der Waals surface area contributed by atoms with E-state index in [0.717, 1.165) is 11.1 Å². The van der Waals surface area contributed by atoms with Crippen molar-refractivity contribution in [3.63, 3.8) is 0 Å². The first-order valence-electron chi connectivity index (χ1n) is 9.14. The van der Waals surface area contributed by atoms with Crippen molar-refractivity contribution >= 4 is 5.91 Å². The summed E-state index contributed by atoms with van der Waals surface area (Å²) >= 11 is 0. The van der Waals surface area contributed by atoms with Crippen LogP contribution in [-0.4, -0.2) is 23.2 Å². The zero-order valence-corrected chi connectivity index (χ0v) is 15.8. The Morgan fingerprint density at radius 2 is 1.55 bits per heavy atom. The number of para-hydroxylation sites is 1. The van der Waals surface area contributed by atoms with Gasteiger partial charge in [-0.05, 0) is 29.8 Å². The number of rotatable bonds is 6. The fraction of sp³-hybridized carbons (Fsp3) is 0.0870. The van der Waals surface area contributed by atoms with E-state index in [0.29, 0.717) is 23.1 Å². The monoisotopic (exact) mass is 385 g/mol. The van der Waals surface area contributed by atoms with Gasteiger partial charge in [0.25, 0.3) is 5.91 Å². The van der Waals surface area contributed by atoms with Gasteiger partial charge in [-0.1, -0.05) is 60.7 Å². The van der Waals surface area contributed by atoms with Gasteiger partial charge >= 0.3 is 0 Å². The molecule has 1 atom stereocenters. The molecule has 144 valence electrons. The number of methoxy groups -OCH3 is 1. The number of aromatic nitrogens is 2. The van der Waals surface area contributed by atoms with Crippen molar-refractivity contribution in [2.75, 3.05) is 7.11 Å². The molecule has 1 aromatic heterocycles. The summed E-state index contributed by atoms with van der Waals surface area (Å²) < 4.78 is 11.2. The van der Waals surface area contributed by atoms with Gasteiger partial charge in [-0.25, -0.2) is 0 Å². The second-order valence-electron chi connectivity index (χ2n) is 6.33. The average Bonchev–Trinajstić information content (AvgIpc) is 3.28. The third-order valence-corrected chi connectivity index (χ3v) is 4.47. The van der Waals surface area contributed by atoms with Crippen LogP contribution in [0.25, 0.3) is 11.5 Å². The zero-order chi connectivity index (χ0) is 20.1. The highest BCUT2D eigenvalue weighted by atomic mass is 16.5. The van der Waals surface area contributed by atoms with Crippen LogP contribution >= 0.6 is 0 Å². The molecular formula is C23H19N3O3. The molecule has 0 bridgehead atoms. The first-order valence-corrected chi connectivity index (χ1v) is 9.14. The molecule has 0 saturated carbocycles. The van der Waals surface area contributed by atoms with E-state index in [9.17, 15) is 4.79 Å². The summed E-state index contributed by atoms with van der Waals surface area (Å²) in [6.07, 6.45) is 0. The minimum atomic E-state index is -0.599. The predicted molar refractivity (Wildman–Crippen MR) is 108 cm³/mol. The maximum atomic E-state index is 13.0. The molecule has 6 nitrogen and oxygen atoms in total. The maximum Gasteiger partial charge on any atom is 0.255 e. The molecule has 0 fully saturated rings. The number of nitrogens with zero attached hydrogens (tertiary/aromatic N) is 2. The van der Waals surface area contributed by atoms with E-state index < -0.39 is 6.04 Å². The Morgan fingerprint density at radius 1 is 0.897 bits per heavy atom. The van der Waals surface area contributed by atoms with E-state index >= 15 is 0 Å². The predicted octanol–water partition coefficient (Wildman–Crippen LogP) is 4.26. The number of carbonyl (C=O) groups excluding carboxylic acids is 1. The minimum Gasteiger partial charge on any atom is -0.496 e. The van der Waals surface area contributed by atoms with Gasteiger partial charge in [0, 0.05) is 5.56 Å². The SMILES string of the molecule is COc1ccccc1C(=O)NC(c1ccccc1)c1nnc(-c2ccccc2)o1. The molecule has 1 amide bonds. The Labute approximate surface area is 168 Å². The summed E-state index contributed by atoms with van der Waals surface area (Å²) in [5.74, 6) is 0.898. The highest BCUT2D eigenvalue weighted by molar-refractivity contribution is 5.97. The second kappa shape index (κ2) is 8.39. The number of amides is 1. The molecule has 4 aromatic rings. The summed E-state index contributed by atoms with van der Waals surface area (Å²) in [7, 11) is 1.53. The normalized spacial score (nSPS) is 11.6. The van der Waals surface area contributed by atoms with Gasteiger partial charge in [-0.3, -0.25) is 4.79 Å². The molecule has 4 rings (SSSR count). The summed E-state index contributed by atoms with van der Waals surface area (Å²) in [6.45, 7) is 0. The van der Waals surface area contributed by atoms with Crippen molar-refractivity contribution in [1.82, 2.24) is 15.5 Å². The molecule has 1 heterocycles. The number of hydrogen-bond acceptors (Lipinski definition) is 5. The highest BCUT2D eigenvalue weighted by Gasteiger charge is 2.25. The number of benzene rings is 3. The van der Waals surface area contributed by atoms with E-state index in [1.165, 1.54) is 7.11 Å². The van der Waals surface area contributed by atoms with Gasteiger partial charge in [-0.15, -0.1) is 10.2 Å². The summed E-state index contributed by atoms with van der Waals surface area (Å²) in [5, 5.41) is 11.3. The minimum absolute atomic E-state index is 0.296. The lowest BCUT2D eigenvalue weighted by molar-refractivity contribution is 0.0935. The lowest BCUT2D eigenvalue weighted by atomic mass is 10.1. The van der Waals surface area contributed by atoms with Crippen LogP contribution in [0, 0.1) is 0 Å². The van der Waals surface area contributed by atoms with Crippen molar-refractivity contribution in [3.05, 3.63) is 102 Å². The van der Waals surface area contributed by atoms with Gasteiger partial charge in [0.05, 0.1) is 12.7 Å². The van der Waals surface area contributed by atoms with Crippen LogP contribution in [0.3, 0.4) is 0 Å². The fourth-order valence-corrected chi connectivity index (χ4v) is 3.02. The third kappa shape index (κ3) is 4.01. The Hall–Kier alpha value is -3.93. The molecule has 0 aliphatic heterocycles. The van der Waals surface area contributed by atoms with Crippen LogP contribution < -0.4 is 10.1 Å². The average molecular weight is 385 g/mol. The summed E-state index contributed by atoms with van der Waals surface area (Å²) in [4.78, 5) is 13.0. The molecular weight excluding hydrogens is 366 g/mol. The van der Waals surface area contributed by atoms with Gasteiger partial charge in [0.1, 0.15) is 11.8 Å². The molecule has 0 saturated heterocycles.